The molecule has 0 aliphatic carbocycles. The van der Waals surface area contributed by atoms with Gasteiger partial charge in [0.05, 0.1) is 36.1 Å². The van der Waals surface area contributed by atoms with E-state index in [1.807, 2.05) is 55.7 Å². The number of nitrogens with zero attached hydrogens (tertiary/aromatic N) is 6. The van der Waals surface area contributed by atoms with E-state index in [0.29, 0.717) is 23.9 Å². The van der Waals surface area contributed by atoms with Crippen molar-refractivity contribution in [1.82, 2.24) is 20.1 Å². The Bertz CT molecular complexity index is 1520. The van der Waals surface area contributed by atoms with Crippen LogP contribution < -0.4 is 5.32 Å². The van der Waals surface area contributed by atoms with Crippen LogP contribution in [0.4, 0.5) is 4.79 Å². The van der Waals surface area contributed by atoms with Gasteiger partial charge in [-0.05, 0) is 67.7 Å². The number of thioether (sulfide) groups is 1. The number of aliphatic imine (C=N–C) groups is 1. The number of piperidine rings is 1. The Morgan fingerprint density at radius 1 is 1.23 bits per heavy atom. The molecule has 1 N–H and O–H groups in total. The zero-order chi connectivity index (χ0) is 27.9. The van der Waals surface area contributed by atoms with Gasteiger partial charge < -0.3 is 5.32 Å². The monoisotopic (exact) mass is 549 g/mol. The van der Waals surface area contributed by atoms with Crippen LogP contribution in [0, 0.1) is 11.3 Å². The molecule has 8 nitrogen and oxygen atoms in total. The van der Waals surface area contributed by atoms with E-state index >= 15 is 0 Å². The second kappa shape index (κ2) is 12.7. The molecule has 5 rings (SSSR count). The molecule has 1 fully saturated rings. The molecule has 2 aromatic carbocycles. The summed E-state index contributed by atoms with van der Waals surface area (Å²) in [5.74, 6) is 0.502. The largest absolute Gasteiger partial charge is 0.317 e. The molecule has 40 heavy (non-hydrogen) atoms. The topological polar surface area (TPSA) is 98.7 Å². The fraction of sp³-hybridized carbons (Fsp3) is 0.258. The van der Waals surface area contributed by atoms with Gasteiger partial charge in [-0.15, -0.1) is 0 Å². The number of carbonyl (C=O) groups is 1. The van der Waals surface area contributed by atoms with Crippen LogP contribution >= 0.6 is 11.8 Å². The lowest BCUT2D eigenvalue weighted by Gasteiger charge is -2.23. The van der Waals surface area contributed by atoms with Gasteiger partial charge in [-0.1, -0.05) is 54.7 Å². The van der Waals surface area contributed by atoms with E-state index < -0.39 is 0 Å². The minimum absolute atomic E-state index is 0.0863. The average Bonchev–Trinajstić information content (AvgIpc) is 3.49. The Balaban J connectivity index is 1.30. The number of nitrogens with one attached hydrogen (secondary N) is 1. The van der Waals surface area contributed by atoms with E-state index in [1.165, 1.54) is 16.8 Å². The number of rotatable bonds is 8. The molecular formula is C31H31N7OS. The number of carbonyl (C=O) groups excluding carboxylic acids is 1. The Hall–Kier alpha value is -4.26. The Morgan fingerprint density at radius 2 is 2.02 bits per heavy atom. The van der Waals surface area contributed by atoms with E-state index in [9.17, 15) is 4.79 Å². The van der Waals surface area contributed by atoms with E-state index in [4.69, 9.17) is 10.3 Å². The van der Waals surface area contributed by atoms with Crippen LogP contribution in [0.3, 0.4) is 0 Å². The van der Waals surface area contributed by atoms with E-state index in [0.717, 1.165) is 65.2 Å². The molecule has 1 amide bonds. The van der Waals surface area contributed by atoms with Gasteiger partial charge in [-0.3, -0.25) is 14.5 Å². The van der Waals surface area contributed by atoms with Crippen LogP contribution in [-0.4, -0.2) is 50.3 Å². The zero-order valence-corrected chi connectivity index (χ0v) is 23.3. The van der Waals surface area contributed by atoms with Gasteiger partial charge in [0.15, 0.2) is 0 Å². The molecule has 1 saturated heterocycles. The predicted octanol–water partition coefficient (Wildman–Crippen LogP) is 5.79. The van der Waals surface area contributed by atoms with Crippen LogP contribution in [0.2, 0.25) is 0 Å². The maximum absolute atomic E-state index is 12.6. The van der Waals surface area contributed by atoms with Gasteiger partial charge in [0, 0.05) is 35.0 Å². The van der Waals surface area contributed by atoms with Crippen molar-refractivity contribution in [2.75, 3.05) is 18.8 Å². The molecule has 9 heteroatoms. The molecule has 1 aromatic heterocycles. The van der Waals surface area contributed by atoms with Gasteiger partial charge >= 0.3 is 5.24 Å². The highest BCUT2D eigenvalue weighted by molar-refractivity contribution is 8.14. The first kappa shape index (κ1) is 27.3. The third-order valence-electron chi connectivity index (χ3n) is 7.04. The smallest absolute Gasteiger partial charge is 0.302 e. The van der Waals surface area contributed by atoms with Gasteiger partial charge in [0.2, 0.25) is 0 Å². The third-order valence-corrected chi connectivity index (χ3v) is 7.92. The minimum atomic E-state index is -0.0863. The van der Waals surface area contributed by atoms with Gasteiger partial charge in [-0.2, -0.15) is 15.5 Å². The van der Waals surface area contributed by atoms with Crippen molar-refractivity contribution in [2.24, 2.45) is 10.1 Å². The van der Waals surface area contributed by atoms with Crippen LogP contribution in [0.25, 0.3) is 5.57 Å². The highest BCUT2D eigenvalue weighted by Gasteiger charge is 2.22. The molecule has 202 valence electrons. The van der Waals surface area contributed by atoms with Crippen molar-refractivity contribution in [2.45, 2.75) is 32.4 Å². The van der Waals surface area contributed by atoms with Crippen molar-refractivity contribution in [1.29, 1.82) is 5.26 Å². The number of hydrazone groups is 1. The number of hydrogen-bond acceptors (Lipinski definition) is 7. The van der Waals surface area contributed by atoms with Crippen molar-refractivity contribution in [3.8, 4) is 6.07 Å². The molecular weight excluding hydrogens is 518 g/mol. The second-order valence-electron chi connectivity index (χ2n) is 9.74. The quantitative estimate of drug-likeness (QED) is 0.283. The number of nitriles is 1. The molecule has 0 spiro atoms. The summed E-state index contributed by atoms with van der Waals surface area (Å²) >= 11 is 1.23. The highest BCUT2D eigenvalue weighted by atomic mass is 32.2. The lowest BCUT2D eigenvalue weighted by molar-refractivity contribution is 0.222. The molecule has 0 saturated carbocycles. The SMILES string of the molecule is C=C/C(=C\N=C(C)c1cccc(CN2N=C(c3ccc(C#N)cc3)CSC2=O)c1)c1cnn(C2CCNCC2)c1. The number of allylic oxidation sites excluding steroid dienone is 2. The lowest BCUT2D eigenvalue weighted by atomic mass is 10.1. The summed E-state index contributed by atoms with van der Waals surface area (Å²) in [6, 6.07) is 17.8. The van der Waals surface area contributed by atoms with E-state index in [1.54, 1.807) is 18.2 Å². The first-order valence-corrected chi connectivity index (χ1v) is 14.3. The van der Waals surface area contributed by atoms with Gasteiger partial charge in [0.1, 0.15) is 0 Å². The molecule has 2 aliphatic rings. The van der Waals surface area contributed by atoms with Crippen molar-refractivity contribution >= 4 is 34.0 Å². The van der Waals surface area contributed by atoms with E-state index in [2.05, 4.69) is 39.0 Å². The van der Waals surface area contributed by atoms with Gasteiger partial charge in [0.25, 0.3) is 0 Å². The summed E-state index contributed by atoms with van der Waals surface area (Å²) < 4.78 is 2.06. The summed E-state index contributed by atoms with van der Waals surface area (Å²) in [5, 5.41) is 23.1. The lowest BCUT2D eigenvalue weighted by Crippen LogP contribution is -2.29. The molecule has 0 atom stereocenters. The van der Waals surface area contributed by atoms with Crippen LogP contribution in [0.5, 0.6) is 0 Å². The van der Waals surface area contributed by atoms with Crippen LogP contribution in [-0.2, 0) is 6.54 Å². The third kappa shape index (κ3) is 6.47. The fourth-order valence-electron chi connectivity index (χ4n) is 4.71. The molecule has 0 radical (unpaired) electrons. The van der Waals surface area contributed by atoms with Crippen molar-refractivity contribution < 1.29 is 4.79 Å². The fourth-order valence-corrected chi connectivity index (χ4v) is 5.45. The molecule has 2 aliphatic heterocycles. The second-order valence-corrected chi connectivity index (χ2v) is 10.7. The maximum atomic E-state index is 12.6. The standard InChI is InChI=1S/C31H31N7OS/c1-3-25(28-18-35-37(20-28)29-11-13-33-14-12-29)17-34-22(2)27-6-4-5-24(15-27)19-38-31(39)40-21-30(36-38)26-9-7-23(16-32)8-10-26/h3-10,15,17-18,20,29,33H,1,11-14,19,21H2,2H3/b25-17+,34-22?. The van der Waals surface area contributed by atoms with Crippen molar-refractivity contribution in [3.05, 3.63) is 108 Å². The normalized spacial score (nSPS) is 16.9. The number of amides is 1. The summed E-state index contributed by atoms with van der Waals surface area (Å²) in [4.78, 5) is 17.4. The van der Waals surface area contributed by atoms with Crippen LogP contribution in [0.1, 0.15) is 53.6 Å². The van der Waals surface area contributed by atoms with E-state index in [-0.39, 0.29) is 5.24 Å². The first-order chi connectivity index (χ1) is 19.5. The summed E-state index contributed by atoms with van der Waals surface area (Å²) in [6.45, 7) is 8.34. The Morgan fingerprint density at radius 3 is 2.77 bits per heavy atom. The molecule has 0 bridgehead atoms. The molecule has 3 heterocycles. The average molecular weight is 550 g/mol. The zero-order valence-electron chi connectivity index (χ0n) is 22.5. The molecule has 3 aromatic rings. The minimum Gasteiger partial charge on any atom is -0.317 e. The summed E-state index contributed by atoms with van der Waals surface area (Å²) in [5.41, 5.74) is 7.01. The first-order valence-electron chi connectivity index (χ1n) is 13.3. The van der Waals surface area contributed by atoms with Crippen molar-refractivity contribution in [3.63, 3.8) is 0 Å². The predicted molar refractivity (Wildman–Crippen MR) is 161 cm³/mol. The molecule has 0 unspecified atom stereocenters. The number of aromatic nitrogens is 2. The Kier molecular flexibility index (Phi) is 8.69. The summed E-state index contributed by atoms with van der Waals surface area (Å²) in [6.07, 6.45) is 9.74. The summed E-state index contributed by atoms with van der Waals surface area (Å²) in [7, 11) is 0. The van der Waals surface area contributed by atoms with Crippen LogP contribution in [0.15, 0.2) is 89.9 Å². The van der Waals surface area contributed by atoms with Gasteiger partial charge in [-0.25, -0.2) is 5.01 Å². The number of hydrogen-bond donors (Lipinski definition) is 1. The maximum Gasteiger partial charge on any atom is 0.302 e. The Labute approximate surface area is 238 Å². The highest BCUT2D eigenvalue weighted by Crippen LogP contribution is 2.24. The number of benzene rings is 2.